The van der Waals surface area contributed by atoms with E-state index in [0.717, 1.165) is 29.7 Å². The molecule has 1 aromatic carbocycles. The van der Waals surface area contributed by atoms with Crippen LogP contribution in [0.4, 0.5) is 5.69 Å². The van der Waals surface area contributed by atoms with E-state index in [1.165, 1.54) is 0 Å². The Kier molecular flexibility index (Phi) is 5.83. The summed E-state index contributed by atoms with van der Waals surface area (Å²) < 4.78 is 0.874. The molecule has 0 bridgehead atoms. The van der Waals surface area contributed by atoms with Crippen molar-refractivity contribution in [2.75, 3.05) is 24.5 Å². The van der Waals surface area contributed by atoms with Crippen molar-refractivity contribution >= 4 is 45.8 Å². The highest BCUT2D eigenvalue weighted by molar-refractivity contribution is 9.10. The Bertz CT molecular complexity index is 563. The third-order valence-corrected chi connectivity index (χ3v) is 4.72. The van der Waals surface area contributed by atoms with Crippen molar-refractivity contribution in [3.05, 3.63) is 28.7 Å². The van der Waals surface area contributed by atoms with Crippen molar-refractivity contribution < 1.29 is 9.59 Å². The maximum atomic E-state index is 12.3. The minimum absolute atomic E-state index is 0. The van der Waals surface area contributed by atoms with Gasteiger partial charge in [0.15, 0.2) is 0 Å². The summed E-state index contributed by atoms with van der Waals surface area (Å²) in [7, 11) is 0. The summed E-state index contributed by atoms with van der Waals surface area (Å²) in [5.41, 5.74) is 0.834. The number of halogens is 2. The Balaban J connectivity index is 0.00000176. The number of carbonyl (C=O) groups excluding carboxylic acids is 2. The average molecular weight is 389 g/mol. The van der Waals surface area contributed by atoms with E-state index in [9.17, 15) is 9.59 Å². The number of hydrogen-bond donors (Lipinski definition) is 2. The summed E-state index contributed by atoms with van der Waals surface area (Å²) in [5.74, 6) is -0.261. The quantitative estimate of drug-likeness (QED) is 0.828. The molecule has 2 amide bonds. The molecule has 2 N–H and O–H groups in total. The Labute approximate surface area is 144 Å². The molecule has 0 spiro atoms. The zero-order chi connectivity index (χ0) is 14.8. The summed E-state index contributed by atoms with van der Waals surface area (Å²) in [6.07, 6.45) is 1.24. The van der Waals surface area contributed by atoms with Crippen LogP contribution in [0.15, 0.2) is 28.7 Å². The molecule has 0 saturated carbocycles. The van der Waals surface area contributed by atoms with E-state index in [1.54, 1.807) is 4.90 Å². The zero-order valence-electron chi connectivity index (χ0n) is 12.0. The van der Waals surface area contributed by atoms with E-state index in [1.807, 2.05) is 24.3 Å². The number of nitrogens with one attached hydrogen (secondary N) is 2. The Morgan fingerprint density at radius 1 is 1.36 bits per heavy atom. The van der Waals surface area contributed by atoms with Crippen LogP contribution in [0, 0.1) is 5.92 Å². The molecule has 2 unspecified atom stereocenters. The maximum absolute atomic E-state index is 12.3. The number of rotatable bonds is 3. The average Bonchev–Trinajstić information content (AvgIpc) is 3.09. The van der Waals surface area contributed by atoms with Crippen LogP contribution in [-0.2, 0) is 9.59 Å². The first-order valence-corrected chi connectivity index (χ1v) is 8.00. The first kappa shape index (κ1) is 17.2. The largest absolute Gasteiger partial charge is 0.352 e. The molecule has 2 aliphatic heterocycles. The standard InChI is InChI=1S/C15H18BrN3O2.ClH/c16-12-3-1-2-4-13(12)19-9-10(7-14(19)20)15(21)18-11-5-6-17-8-11;/h1-4,10-11,17H,5-9H2,(H,18,21);1H. The van der Waals surface area contributed by atoms with Crippen LogP contribution in [0.2, 0.25) is 0 Å². The molecule has 2 atom stereocenters. The molecular weight excluding hydrogens is 370 g/mol. The first-order chi connectivity index (χ1) is 10.1. The van der Waals surface area contributed by atoms with E-state index in [2.05, 4.69) is 26.6 Å². The van der Waals surface area contributed by atoms with Gasteiger partial charge in [0, 0.05) is 30.0 Å². The van der Waals surface area contributed by atoms with Crippen LogP contribution < -0.4 is 15.5 Å². The lowest BCUT2D eigenvalue weighted by molar-refractivity contribution is -0.126. The molecule has 2 heterocycles. The normalized spacial score (nSPS) is 24.2. The van der Waals surface area contributed by atoms with Gasteiger partial charge in [-0.15, -0.1) is 12.4 Å². The van der Waals surface area contributed by atoms with Gasteiger partial charge in [-0.3, -0.25) is 9.59 Å². The fourth-order valence-electron chi connectivity index (χ4n) is 2.88. The highest BCUT2D eigenvalue weighted by atomic mass is 79.9. The van der Waals surface area contributed by atoms with Gasteiger partial charge in [0.05, 0.1) is 11.6 Å². The van der Waals surface area contributed by atoms with E-state index in [4.69, 9.17) is 0 Å². The number of benzene rings is 1. The minimum atomic E-state index is -0.259. The fraction of sp³-hybridized carbons (Fsp3) is 0.467. The van der Waals surface area contributed by atoms with Crippen molar-refractivity contribution in [3.8, 4) is 0 Å². The zero-order valence-corrected chi connectivity index (χ0v) is 14.5. The van der Waals surface area contributed by atoms with Crippen LogP contribution in [0.1, 0.15) is 12.8 Å². The summed E-state index contributed by atoms with van der Waals surface area (Å²) in [6.45, 7) is 2.21. The lowest BCUT2D eigenvalue weighted by Gasteiger charge is -2.19. The molecule has 120 valence electrons. The molecule has 0 radical (unpaired) electrons. The van der Waals surface area contributed by atoms with Crippen molar-refractivity contribution in [3.63, 3.8) is 0 Å². The van der Waals surface area contributed by atoms with Gasteiger partial charge < -0.3 is 15.5 Å². The first-order valence-electron chi connectivity index (χ1n) is 7.21. The fourth-order valence-corrected chi connectivity index (χ4v) is 3.38. The molecule has 0 aromatic heterocycles. The molecule has 2 saturated heterocycles. The second kappa shape index (κ2) is 7.44. The van der Waals surface area contributed by atoms with Gasteiger partial charge in [0.1, 0.15) is 0 Å². The number of nitrogens with zero attached hydrogens (tertiary/aromatic N) is 1. The lowest BCUT2D eigenvalue weighted by Crippen LogP contribution is -2.40. The van der Waals surface area contributed by atoms with Gasteiger partial charge in [-0.2, -0.15) is 0 Å². The molecule has 2 fully saturated rings. The number of carbonyl (C=O) groups is 2. The molecule has 3 rings (SSSR count). The van der Waals surface area contributed by atoms with E-state index in [-0.39, 0.29) is 42.6 Å². The van der Waals surface area contributed by atoms with Crippen molar-refractivity contribution in [1.29, 1.82) is 0 Å². The molecule has 1 aromatic rings. The molecule has 2 aliphatic rings. The smallest absolute Gasteiger partial charge is 0.227 e. The van der Waals surface area contributed by atoms with E-state index in [0.29, 0.717) is 6.54 Å². The maximum Gasteiger partial charge on any atom is 0.227 e. The van der Waals surface area contributed by atoms with Gasteiger partial charge >= 0.3 is 0 Å². The van der Waals surface area contributed by atoms with Crippen LogP contribution in [0.5, 0.6) is 0 Å². The van der Waals surface area contributed by atoms with Gasteiger partial charge in [-0.05, 0) is 41.0 Å². The third-order valence-electron chi connectivity index (χ3n) is 4.05. The number of amides is 2. The Morgan fingerprint density at radius 2 is 2.14 bits per heavy atom. The molecule has 5 nitrogen and oxygen atoms in total. The predicted octanol–water partition coefficient (Wildman–Crippen LogP) is 1.70. The Hall–Kier alpha value is -1.11. The molecule has 0 aliphatic carbocycles. The SMILES string of the molecule is Cl.O=C(NC1CCNC1)C1CC(=O)N(c2ccccc2Br)C1. The van der Waals surface area contributed by atoms with E-state index >= 15 is 0 Å². The monoisotopic (exact) mass is 387 g/mol. The Morgan fingerprint density at radius 3 is 2.82 bits per heavy atom. The number of para-hydroxylation sites is 1. The van der Waals surface area contributed by atoms with Gasteiger partial charge in [-0.25, -0.2) is 0 Å². The lowest BCUT2D eigenvalue weighted by atomic mass is 10.1. The molecular formula is C15H19BrClN3O2. The number of anilines is 1. The molecule has 7 heteroatoms. The highest BCUT2D eigenvalue weighted by Crippen LogP contribution is 2.31. The second-order valence-corrected chi connectivity index (χ2v) is 6.41. The van der Waals surface area contributed by atoms with Crippen LogP contribution >= 0.6 is 28.3 Å². The van der Waals surface area contributed by atoms with Gasteiger partial charge in [0.25, 0.3) is 0 Å². The number of hydrogen-bond acceptors (Lipinski definition) is 3. The minimum Gasteiger partial charge on any atom is -0.352 e. The third kappa shape index (κ3) is 3.62. The second-order valence-electron chi connectivity index (χ2n) is 5.56. The summed E-state index contributed by atoms with van der Waals surface area (Å²) >= 11 is 3.46. The van der Waals surface area contributed by atoms with Crippen molar-refractivity contribution in [2.24, 2.45) is 5.92 Å². The van der Waals surface area contributed by atoms with Gasteiger partial charge in [-0.1, -0.05) is 12.1 Å². The summed E-state index contributed by atoms with van der Waals surface area (Å²) in [5, 5.41) is 6.26. The van der Waals surface area contributed by atoms with Gasteiger partial charge in [0.2, 0.25) is 11.8 Å². The van der Waals surface area contributed by atoms with E-state index < -0.39 is 0 Å². The van der Waals surface area contributed by atoms with Crippen molar-refractivity contribution in [2.45, 2.75) is 18.9 Å². The van der Waals surface area contributed by atoms with Crippen LogP contribution in [0.25, 0.3) is 0 Å². The van der Waals surface area contributed by atoms with Crippen LogP contribution in [-0.4, -0.2) is 37.5 Å². The summed E-state index contributed by atoms with van der Waals surface area (Å²) in [6, 6.07) is 7.80. The highest BCUT2D eigenvalue weighted by Gasteiger charge is 2.36. The molecule has 22 heavy (non-hydrogen) atoms. The summed E-state index contributed by atoms with van der Waals surface area (Å²) in [4.78, 5) is 26.2. The van der Waals surface area contributed by atoms with Crippen molar-refractivity contribution in [1.82, 2.24) is 10.6 Å². The predicted molar refractivity (Wildman–Crippen MR) is 91.3 cm³/mol. The topological polar surface area (TPSA) is 61.4 Å². The van der Waals surface area contributed by atoms with Crippen LogP contribution in [0.3, 0.4) is 0 Å².